The van der Waals surface area contributed by atoms with Gasteiger partial charge in [0.15, 0.2) is 11.6 Å². The highest BCUT2D eigenvalue weighted by Crippen LogP contribution is 2.23. The average Bonchev–Trinajstić information content (AvgIpc) is 3.46. The zero-order valence-electron chi connectivity index (χ0n) is 15.8. The van der Waals surface area contributed by atoms with Crippen LogP contribution in [0.3, 0.4) is 0 Å². The van der Waals surface area contributed by atoms with Gasteiger partial charge in [-0.1, -0.05) is 6.07 Å². The van der Waals surface area contributed by atoms with E-state index in [1.54, 1.807) is 6.26 Å². The summed E-state index contributed by atoms with van der Waals surface area (Å²) < 4.78 is 7.56. The minimum Gasteiger partial charge on any atom is -0.461 e. The van der Waals surface area contributed by atoms with Crippen LogP contribution in [0.25, 0.3) is 17.3 Å². The van der Waals surface area contributed by atoms with E-state index in [1.807, 2.05) is 54.9 Å². The minimum atomic E-state index is 0.647. The van der Waals surface area contributed by atoms with E-state index in [-0.39, 0.29) is 0 Å². The Morgan fingerprint density at radius 2 is 2.10 bits per heavy atom. The van der Waals surface area contributed by atoms with Crippen LogP contribution >= 0.6 is 0 Å². The maximum atomic E-state index is 9.18. The number of fused-ring (bicyclic) bond motifs is 1. The Hall–Kier alpha value is -3.69. The van der Waals surface area contributed by atoms with Crippen molar-refractivity contribution in [3.05, 3.63) is 89.7 Å². The van der Waals surface area contributed by atoms with Crippen molar-refractivity contribution in [2.24, 2.45) is 0 Å². The number of hydrogen-bond donors (Lipinski definition) is 0. The third-order valence-corrected chi connectivity index (χ3v) is 5.23. The molecule has 0 spiro atoms. The Morgan fingerprint density at radius 1 is 1.14 bits per heavy atom. The molecule has 0 aliphatic carbocycles. The lowest BCUT2D eigenvalue weighted by molar-refractivity contribution is 0.239. The normalized spacial score (nSPS) is 13.8. The lowest BCUT2D eigenvalue weighted by Gasteiger charge is -2.28. The van der Waals surface area contributed by atoms with Gasteiger partial charge in [0.1, 0.15) is 0 Å². The number of benzene rings is 1. The van der Waals surface area contributed by atoms with Crippen LogP contribution in [-0.4, -0.2) is 26.0 Å². The van der Waals surface area contributed by atoms with Gasteiger partial charge in [-0.05, 0) is 42.5 Å². The number of hydrogen-bond acceptors (Lipinski definition) is 5. The molecule has 0 bridgehead atoms. The molecular formula is C23H19N5O. The maximum absolute atomic E-state index is 9.18. The van der Waals surface area contributed by atoms with Crippen LogP contribution in [0.4, 0.5) is 0 Å². The Bertz CT molecular complexity index is 1190. The molecule has 4 aromatic rings. The van der Waals surface area contributed by atoms with E-state index in [2.05, 4.69) is 26.6 Å². The summed E-state index contributed by atoms with van der Waals surface area (Å²) in [6.07, 6.45) is 6.49. The fraction of sp³-hybridized carbons (Fsp3) is 0.174. The summed E-state index contributed by atoms with van der Waals surface area (Å²) in [6.45, 7) is 2.57. The Kier molecular flexibility index (Phi) is 4.43. The SMILES string of the molecule is N#Cc1cccc(-n2cccc2CN2CCc3nc(-c4ccco4)ncc3C2)c1. The van der Waals surface area contributed by atoms with Crippen molar-refractivity contribution in [2.45, 2.75) is 19.5 Å². The third kappa shape index (κ3) is 3.44. The zero-order chi connectivity index (χ0) is 19.6. The van der Waals surface area contributed by atoms with Crippen LogP contribution in [0.15, 0.2) is 71.6 Å². The second kappa shape index (κ2) is 7.38. The molecule has 0 saturated heterocycles. The molecule has 142 valence electrons. The molecule has 0 N–H and O–H groups in total. The fourth-order valence-electron chi connectivity index (χ4n) is 3.79. The molecule has 29 heavy (non-hydrogen) atoms. The summed E-state index contributed by atoms with van der Waals surface area (Å²) in [7, 11) is 0. The smallest absolute Gasteiger partial charge is 0.195 e. The van der Waals surface area contributed by atoms with Gasteiger partial charge in [-0.2, -0.15) is 5.26 Å². The molecule has 6 heteroatoms. The van der Waals surface area contributed by atoms with Crippen molar-refractivity contribution in [2.75, 3.05) is 6.54 Å². The standard InChI is InChI=1S/C23H19N5O/c24-13-17-4-1-5-19(12-17)28-9-2-6-20(28)16-27-10-8-21-18(15-27)14-25-23(26-21)22-7-3-11-29-22/h1-7,9,11-12,14H,8,10,15-16H2. The van der Waals surface area contributed by atoms with E-state index in [4.69, 9.17) is 9.40 Å². The monoisotopic (exact) mass is 381 g/mol. The lowest BCUT2D eigenvalue weighted by Crippen LogP contribution is -2.31. The Labute approximate surface area is 168 Å². The summed E-state index contributed by atoms with van der Waals surface area (Å²) in [6, 6.07) is 17.8. The van der Waals surface area contributed by atoms with Gasteiger partial charge < -0.3 is 8.98 Å². The van der Waals surface area contributed by atoms with Gasteiger partial charge in [-0.3, -0.25) is 4.90 Å². The van der Waals surface area contributed by atoms with Crippen LogP contribution in [0.1, 0.15) is 22.5 Å². The second-order valence-electron chi connectivity index (χ2n) is 7.14. The van der Waals surface area contributed by atoms with E-state index in [0.717, 1.165) is 43.0 Å². The predicted octanol–water partition coefficient (Wildman–Crippen LogP) is 3.96. The van der Waals surface area contributed by atoms with Gasteiger partial charge in [0.2, 0.25) is 0 Å². The Balaban J connectivity index is 1.35. The van der Waals surface area contributed by atoms with Crippen LogP contribution < -0.4 is 0 Å². The molecule has 0 atom stereocenters. The van der Waals surface area contributed by atoms with E-state index < -0.39 is 0 Å². The maximum Gasteiger partial charge on any atom is 0.195 e. The van der Waals surface area contributed by atoms with Crippen molar-refractivity contribution in [1.82, 2.24) is 19.4 Å². The van der Waals surface area contributed by atoms with Crippen LogP contribution in [0, 0.1) is 11.3 Å². The zero-order valence-corrected chi connectivity index (χ0v) is 15.8. The number of nitrogens with zero attached hydrogens (tertiary/aromatic N) is 5. The molecule has 0 saturated carbocycles. The van der Waals surface area contributed by atoms with Crippen LogP contribution in [0.2, 0.25) is 0 Å². The summed E-state index contributed by atoms with van der Waals surface area (Å²) >= 11 is 0. The molecule has 1 aliphatic rings. The lowest BCUT2D eigenvalue weighted by atomic mass is 10.1. The molecular weight excluding hydrogens is 362 g/mol. The summed E-state index contributed by atoms with van der Waals surface area (Å²) in [5.74, 6) is 1.35. The number of aromatic nitrogens is 3. The van der Waals surface area contributed by atoms with Gasteiger partial charge >= 0.3 is 0 Å². The van der Waals surface area contributed by atoms with Gasteiger partial charge in [0.25, 0.3) is 0 Å². The summed E-state index contributed by atoms with van der Waals surface area (Å²) in [5.41, 5.74) is 5.12. The number of rotatable bonds is 4. The molecule has 3 aromatic heterocycles. The molecule has 0 radical (unpaired) electrons. The van der Waals surface area contributed by atoms with E-state index in [1.165, 1.54) is 5.69 Å². The molecule has 5 rings (SSSR count). The van der Waals surface area contributed by atoms with Crippen molar-refractivity contribution in [1.29, 1.82) is 5.26 Å². The number of nitriles is 1. The molecule has 0 fully saturated rings. The first-order valence-corrected chi connectivity index (χ1v) is 9.58. The van der Waals surface area contributed by atoms with Crippen LogP contribution in [-0.2, 0) is 19.5 Å². The van der Waals surface area contributed by atoms with Crippen molar-refractivity contribution >= 4 is 0 Å². The summed E-state index contributed by atoms with van der Waals surface area (Å²) in [4.78, 5) is 11.6. The van der Waals surface area contributed by atoms with Crippen molar-refractivity contribution in [3.8, 4) is 23.3 Å². The van der Waals surface area contributed by atoms with Crippen LogP contribution in [0.5, 0.6) is 0 Å². The second-order valence-corrected chi connectivity index (χ2v) is 7.14. The topological polar surface area (TPSA) is 70.9 Å². The fourth-order valence-corrected chi connectivity index (χ4v) is 3.79. The average molecular weight is 381 g/mol. The number of furan rings is 1. The molecule has 1 aliphatic heterocycles. The van der Waals surface area contributed by atoms with Gasteiger partial charge in [-0.25, -0.2) is 9.97 Å². The molecule has 6 nitrogen and oxygen atoms in total. The third-order valence-electron chi connectivity index (χ3n) is 5.23. The highest BCUT2D eigenvalue weighted by Gasteiger charge is 2.20. The van der Waals surface area contributed by atoms with E-state index in [9.17, 15) is 5.26 Å². The van der Waals surface area contributed by atoms with E-state index in [0.29, 0.717) is 17.1 Å². The quantitative estimate of drug-likeness (QED) is 0.535. The Morgan fingerprint density at radius 3 is 2.97 bits per heavy atom. The largest absolute Gasteiger partial charge is 0.461 e. The molecule has 4 heterocycles. The van der Waals surface area contributed by atoms with Crippen molar-refractivity contribution < 1.29 is 4.42 Å². The van der Waals surface area contributed by atoms with E-state index >= 15 is 0 Å². The summed E-state index contributed by atoms with van der Waals surface area (Å²) in [5, 5.41) is 9.18. The molecule has 0 amide bonds. The first-order valence-electron chi connectivity index (χ1n) is 9.58. The molecule has 0 unspecified atom stereocenters. The molecule has 1 aromatic carbocycles. The van der Waals surface area contributed by atoms with Crippen molar-refractivity contribution in [3.63, 3.8) is 0 Å². The first-order chi connectivity index (χ1) is 14.3. The van der Waals surface area contributed by atoms with Gasteiger partial charge in [0, 0.05) is 55.4 Å². The van der Waals surface area contributed by atoms with Gasteiger partial charge in [0.05, 0.1) is 23.6 Å². The highest BCUT2D eigenvalue weighted by atomic mass is 16.3. The first kappa shape index (κ1) is 17.4. The van der Waals surface area contributed by atoms with Gasteiger partial charge in [-0.15, -0.1) is 0 Å². The predicted molar refractivity (Wildman–Crippen MR) is 108 cm³/mol. The minimum absolute atomic E-state index is 0.647. The highest BCUT2D eigenvalue weighted by molar-refractivity contribution is 5.47.